The van der Waals surface area contributed by atoms with Crippen LogP contribution in [0.15, 0.2) is 42.7 Å². The quantitative estimate of drug-likeness (QED) is 0.634. The van der Waals surface area contributed by atoms with Gasteiger partial charge in [-0.05, 0) is 61.5 Å². The molecule has 0 unspecified atom stereocenters. The van der Waals surface area contributed by atoms with E-state index in [1.54, 1.807) is 0 Å². The van der Waals surface area contributed by atoms with Crippen LogP contribution < -0.4 is 10.2 Å². The first-order valence-electron chi connectivity index (χ1n) is 9.38. The van der Waals surface area contributed by atoms with E-state index in [-0.39, 0.29) is 0 Å². The van der Waals surface area contributed by atoms with E-state index in [1.165, 1.54) is 28.2 Å². The molecule has 1 saturated heterocycles. The van der Waals surface area contributed by atoms with Gasteiger partial charge in [-0.2, -0.15) is 0 Å². The van der Waals surface area contributed by atoms with Crippen LogP contribution in [0.5, 0.6) is 0 Å². The number of hydrogen-bond acceptors (Lipinski definition) is 7. The molecule has 1 aromatic carbocycles. The molecule has 1 N–H and O–H groups in total. The number of hydrogen-bond donors (Lipinski definition) is 1. The van der Waals surface area contributed by atoms with Crippen molar-refractivity contribution >= 4 is 40.1 Å². The summed E-state index contributed by atoms with van der Waals surface area (Å²) in [6, 6.07) is 10.5. The van der Waals surface area contributed by atoms with Crippen molar-refractivity contribution in [1.82, 2.24) is 19.7 Å². The van der Waals surface area contributed by atoms with Crippen molar-refractivity contribution < 1.29 is 0 Å². The number of aromatic nitrogens is 3. The van der Waals surface area contributed by atoms with Crippen LogP contribution in [-0.4, -0.2) is 45.8 Å². The van der Waals surface area contributed by atoms with Gasteiger partial charge in [0, 0.05) is 49.9 Å². The Labute approximate surface area is 174 Å². The number of benzene rings is 1. The van der Waals surface area contributed by atoms with Crippen molar-refractivity contribution in [3.63, 3.8) is 0 Å². The summed E-state index contributed by atoms with van der Waals surface area (Å²) in [6.07, 6.45) is 3.70. The Morgan fingerprint density at radius 1 is 1.04 bits per heavy atom. The standard InChI is InChI=1S/C20H24N6S2/c1-15-3-4-17(13-16(15)2)22-19-23-26(20(27)28-19)14-24-9-11-25(12-10-24)18-5-7-21-8-6-18/h3-8,13H,9-12,14H2,1-2H3,(H,22,23). The van der Waals surface area contributed by atoms with Gasteiger partial charge in [0.2, 0.25) is 5.13 Å². The van der Waals surface area contributed by atoms with Gasteiger partial charge in [-0.15, -0.1) is 5.10 Å². The van der Waals surface area contributed by atoms with Crippen LogP contribution in [0.1, 0.15) is 11.1 Å². The Morgan fingerprint density at radius 3 is 2.50 bits per heavy atom. The van der Waals surface area contributed by atoms with Crippen LogP contribution in [-0.2, 0) is 6.67 Å². The molecule has 0 bridgehead atoms. The maximum absolute atomic E-state index is 5.54. The highest BCUT2D eigenvalue weighted by Crippen LogP contribution is 2.23. The lowest BCUT2D eigenvalue weighted by atomic mass is 10.1. The molecular formula is C20H24N6S2. The van der Waals surface area contributed by atoms with Gasteiger partial charge in [-0.25, -0.2) is 4.68 Å². The molecule has 0 aliphatic carbocycles. The zero-order valence-electron chi connectivity index (χ0n) is 16.1. The molecule has 0 atom stereocenters. The van der Waals surface area contributed by atoms with Crippen LogP contribution in [0.2, 0.25) is 0 Å². The van der Waals surface area contributed by atoms with E-state index in [0.29, 0.717) is 0 Å². The molecule has 28 heavy (non-hydrogen) atoms. The third-order valence-electron chi connectivity index (χ3n) is 5.10. The maximum Gasteiger partial charge on any atom is 0.209 e. The molecule has 0 radical (unpaired) electrons. The van der Waals surface area contributed by atoms with Crippen molar-refractivity contribution in [3.05, 3.63) is 57.8 Å². The summed E-state index contributed by atoms with van der Waals surface area (Å²) in [4.78, 5) is 8.89. The first-order chi connectivity index (χ1) is 13.6. The Balaban J connectivity index is 1.37. The lowest BCUT2D eigenvalue weighted by Crippen LogP contribution is -2.46. The number of rotatable bonds is 5. The number of pyridine rings is 1. The summed E-state index contributed by atoms with van der Waals surface area (Å²) in [5, 5.41) is 8.91. The molecule has 3 heterocycles. The van der Waals surface area contributed by atoms with E-state index in [0.717, 1.165) is 47.6 Å². The maximum atomic E-state index is 5.54. The number of anilines is 3. The number of nitrogens with one attached hydrogen (secondary N) is 1. The minimum absolute atomic E-state index is 0.730. The van der Waals surface area contributed by atoms with Gasteiger partial charge in [0.05, 0.1) is 6.67 Å². The van der Waals surface area contributed by atoms with Crippen molar-refractivity contribution in [2.75, 3.05) is 36.4 Å². The molecule has 6 nitrogen and oxygen atoms in total. The Kier molecular flexibility index (Phi) is 5.70. The zero-order chi connectivity index (χ0) is 19.5. The third kappa shape index (κ3) is 4.40. The lowest BCUT2D eigenvalue weighted by Gasteiger charge is -2.35. The fourth-order valence-corrected chi connectivity index (χ4v) is 4.29. The number of piperazine rings is 1. The van der Waals surface area contributed by atoms with Gasteiger partial charge in [-0.1, -0.05) is 17.4 Å². The molecule has 1 aliphatic heterocycles. The Morgan fingerprint density at radius 2 is 1.79 bits per heavy atom. The predicted octanol–water partition coefficient (Wildman–Crippen LogP) is 4.21. The zero-order valence-corrected chi connectivity index (χ0v) is 17.8. The van der Waals surface area contributed by atoms with E-state index >= 15 is 0 Å². The predicted molar refractivity (Wildman–Crippen MR) is 118 cm³/mol. The molecule has 8 heteroatoms. The van der Waals surface area contributed by atoms with Gasteiger partial charge in [0.25, 0.3) is 0 Å². The molecule has 0 amide bonds. The Bertz CT molecular complexity index is 989. The summed E-state index contributed by atoms with van der Waals surface area (Å²) in [7, 11) is 0. The van der Waals surface area contributed by atoms with Crippen molar-refractivity contribution in [2.24, 2.45) is 0 Å². The summed E-state index contributed by atoms with van der Waals surface area (Å²) in [6.45, 7) is 8.93. The third-order valence-corrected chi connectivity index (χ3v) is 6.32. The normalized spacial score (nSPS) is 15.0. The van der Waals surface area contributed by atoms with Crippen LogP contribution in [0.25, 0.3) is 0 Å². The minimum atomic E-state index is 0.730. The van der Waals surface area contributed by atoms with Gasteiger partial charge >= 0.3 is 0 Å². The summed E-state index contributed by atoms with van der Waals surface area (Å²) < 4.78 is 2.72. The van der Waals surface area contributed by atoms with E-state index < -0.39 is 0 Å². The smallest absolute Gasteiger partial charge is 0.209 e. The van der Waals surface area contributed by atoms with E-state index in [9.17, 15) is 0 Å². The SMILES string of the molecule is Cc1ccc(Nc2nn(CN3CCN(c4ccncc4)CC3)c(=S)s2)cc1C. The Hall–Kier alpha value is -2.29. The molecule has 1 aliphatic rings. The highest BCUT2D eigenvalue weighted by molar-refractivity contribution is 7.73. The summed E-state index contributed by atoms with van der Waals surface area (Å²) >= 11 is 7.06. The second-order valence-electron chi connectivity index (χ2n) is 7.05. The fourth-order valence-electron chi connectivity index (χ4n) is 3.28. The van der Waals surface area contributed by atoms with E-state index in [2.05, 4.69) is 69.4 Å². The molecule has 146 valence electrons. The second kappa shape index (κ2) is 8.38. The lowest BCUT2D eigenvalue weighted by molar-refractivity contribution is 0.195. The van der Waals surface area contributed by atoms with Gasteiger partial charge < -0.3 is 10.2 Å². The average molecular weight is 413 g/mol. The summed E-state index contributed by atoms with van der Waals surface area (Å²) in [5.41, 5.74) is 4.83. The average Bonchev–Trinajstić information content (AvgIpc) is 3.05. The van der Waals surface area contributed by atoms with Crippen LogP contribution >= 0.6 is 23.6 Å². The topological polar surface area (TPSA) is 49.2 Å². The highest BCUT2D eigenvalue weighted by atomic mass is 32.1. The molecule has 2 aromatic heterocycles. The van der Waals surface area contributed by atoms with Gasteiger partial charge in [-0.3, -0.25) is 9.88 Å². The van der Waals surface area contributed by atoms with Crippen molar-refractivity contribution in [2.45, 2.75) is 20.5 Å². The summed E-state index contributed by atoms with van der Waals surface area (Å²) in [5.74, 6) is 0. The monoisotopic (exact) mass is 412 g/mol. The molecular weight excluding hydrogens is 388 g/mol. The second-order valence-corrected chi connectivity index (χ2v) is 8.67. The largest absolute Gasteiger partial charge is 0.369 e. The fraction of sp³-hybridized carbons (Fsp3) is 0.350. The van der Waals surface area contributed by atoms with Crippen LogP contribution in [0.3, 0.4) is 0 Å². The highest BCUT2D eigenvalue weighted by Gasteiger charge is 2.18. The van der Waals surface area contributed by atoms with Crippen molar-refractivity contribution in [1.29, 1.82) is 0 Å². The van der Waals surface area contributed by atoms with E-state index in [4.69, 9.17) is 12.2 Å². The molecule has 4 rings (SSSR count). The van der Waals surface area contributed by atoms with Gasteiger partial charge in [0.1, 0.15) is 0 Å². The molecule has 0 saturated carbocycles. The van der Waals surface area contributed by atoms with Crippen LogP contribution in [0, 0.1) is 17.8 Å². The molecule has 3 aromatic rings. The van der Waals surface area contributed by atoms with Gasteiger partial charge in [0.15, 0.2) is 3.95 Å². The number of nitrogens with zero attached hydrogens (tertiary/aromatic N) is 5. The van der Waals surface area contributed by atoms with Crippen molar-refractivity contribution in [3.8, 4) is 0 Å². The first-order valence-corrected chi connectivity index (χ1v) is 10.6. The molecule has 1 fully saturated rings. The van der Waals surface area contributed by atoms with E-state index in [1.807, 2.05) is 17.1 Å². The van der Waals surface area contributed by atoms with Crippen LogP contribution in [0.4, 0.5) is 16.5 Å². The number of aryl methyl sites for hydroxylation is 2. The molecule has 0 spiro atoms. The first kappa shape index (κ1) is 19.0. The minimum Gasteiger partial charge on any atom is -0.369 e.